The van der Waals surface area contributed by atoms with Crippen molar-refractivity contribution in [2.75, 3.05) is 11.9 Å². The van der Waals surface area contributed by atoms with Crippen LogP contribution < -0.4 is 15.8 Å². The van der Waals surface area contributed by atoms with E-state index in [-0.39, 0.29) is 22.4 Å². The first-order valence-corrected chi connectivity index (χ1v) is 8.03. The molecule has 0 aliphatic carbocycles. The van der Waals surface area contributed by atoms with Crippen LogP contribution >= 0.6 is 11.6 Å². The molecule has 1 heterocycles. The van der Waals surface area contributed by atoms with Crippen molar-refractivity contribution in [3.63, 3.8) is 0 Å². The van der Waals surface area contributed by atoms with E-state index in [4.69, 9.17) is 22.1 Å². The Hall–Kier alpha value is -2.53. The van der Waals surface area contributed by atoms with Crippen molar-refractivity contribution in [2.45, 2.75) is 18.8 Å². The van der Waals surface area contributed by atoms with Gasteiger partial charge in [0.05, 0.1) is 17.2 Å². The largest absolute Gasteiger partial charge is 0.493 e. The third-order valence-electron chi connectivity index (χ3n) is 4.03. The quantitative estimate of drug-likeness (QED) is 0.892. The molecule has 1 atom stereocenters. The highest BCUT2D eigenvalue weighted by atomic mass is 35.5. The molecule has 1 aliphatic rings. The van der Waals surface area contributed by atoms with Gasteiger partial charge in [-0.3, -0.25) is 9.59 Å². The van der Waals surface area contributed by atoms with Gasteiger partial charge in [-0.1, -0.05) is 29.8 Å². The highest BCUT2D eigenvalue weighted by Crippen LogP contribution is 2.35. The summed E-state index contributed by atoms with van der Waals surface area (Å²) in [5.74, 6) is 0.186. The summed E-state index contributed by atoms with van der Waals surface area (Å²) in [4.78, 5) is 23.7. The number of primary amides is 1. The number of carbonyl (C=O) groups excluding carboxylic acids is 2. The highest BCUT2D eigenvalue weighted by Gasteiger charge is 2.23. The van der Waals surface area contributed by atoms with E-state index in [0.29, 0.717) is 18.7 Å². The predicted molar refractivity (Wildman–Crippen MR) is 92.5 cm³/mol. The number of fused-ring (bicyclic) bond motifs is 1. The van der Waals surface area contributed by atoms with E-state index >= 15 is 0 Å². The zero-order valence-corrected chi connectivity index (χ0v) is 13.7. The lowest BCUT2D eigenvalue weighted by Gasteiger charge is -2.25. The number of halogens is 1. The van der Waals surface area contributed by atoms with Crippen LogP contribution in [0, 0.1) is 0 Å². The lowest BCUT2D eigenvalue weighted by atomic mass is 9.90. The number of amides is 2. The van der Waals surface area contributed by atoms with Gasteiger partial charge in [0.15, 0.2) is 0 Å². The normalized spacial score (nSPS) is 16.0. The van der Waals surface area contributed by atoms with Crippen LogP contribution in [0.1, 0.15) is 34.7 Å². The topological polar surface area (TPSA) is 81.4 Å². The maximum Gasteiger partial charge on any atom is 0.250 e. The number of rotatable bonds is 4. The molecule has 124 valence electrons. The van der Waals surface area contributed by atoms with E-state index in [1.54, 1.807) is 12.1 Å². The second-order valence-corrected chi connectivity index (χ2v) is 6.09. The smallest absolute Gasteiger partial charge is 0.250 e. The zero-order chi connectivity index (χ0) is 17.1. The number of nitrogens with one attached hydrogen (secondary N) is 1. The molecule has 3 N–H and O–H groups in total. The third-order valence-corrected chi connectivity index (χ3v) is 4.36. The molecule has 0 radical (unpaired) electrons. The number of carbonyl (C=O) groups is 2. The molecule has 0 unspecified atom stereocenters. The first-order chi connectivity index (χ1) is 11.5. The van der Waals surface area contributed by atoms with E-state index in [2.05, 4.69) is 5.32 Å². The fourth-order valence-corrected chi connectivity index (χ4v) is 3.07. The molecule has 0 aromatic heterocycles. The van der Waals surface area contributed by atoms with Crippen molar-refractivity contribution in [2.24, 2.45) is 5.73 Å². The van der Waals surface area contributed by atoms with Gasteiger partial charge in [-0.15, -0.1) is 0 Å². The van der Waals surface area contributed by atoms with Gasteiger partial charge < -0.3 is 15.8 Å². The summed E-state index contributed by atoms with van der Waals surface area (Å²) in [5.41, 5.74) is 7.00. The van der Waals surface area contributed by atoms with Crippen LogP contribution in [0.3, 0.4) is 0 Å². The number of ether oxygens (including phenoxy) is 1. The Morgan fingerprint density at radius 3 is 2.83 bits per heavy atom. The van der Waals surface area contributed by atoms with Gasteiger partial charge in [0, 0.05) is 12.1 Å². The maximum atomic E-state index is 12.4. The van der Waals surface area contributed by atoms with E-state index in [0.717, 1.165) is 17.7 Å². The van der Waals surface area contributed by atoms with E-state index < -0.39 is 5.91 Å². The van der Waals surface area contributed by atoms with Gasteiger partial charge >= 0.3 is 0 Å². The summed E-state index contributed by atoms with van der Waals surface area (Å²) in [6.45, 7) is 0.599. The Labute approximate surface area is 144 Å². The molecule has 0 saturated carbocycles. The minimum absolute atomic E-state index is 0.109. The summed E-state index contributed by atoms with van der Waals surface area (Å²) in [6, 6.07) is 12.4. The SMILES string of the molecule is NC(=O)c1cc(NC(=O)C[C@H]2CCOc3ccccc32)ccc1Cl. The average Bonchev–Trinajstić information content (AvgIpc) is 2.56. The van der Waals surface area contributed by atoms with Crippen LogP contribution in [-0.4, -0.2) is 18.4 Å². The van der Waals surface area contributed by atoms with Gasteiger partial charge in [0.2, 0.25) is 11.8 Å². The van der Waals surface area contributed by atoms with Crippen molar-refractivity contribution < 1.29 is 14.3 Å². The van der Waals surface area contributed by atoms with Crippen LogP contribution in [0.4, 0.5) is 5.69 Å². The summed E-state index contributed by atoms with van der Waals surface area (Å²) < 4.78 is 5.61. The van der Waals surface area contributed by atoms with E-state index in [1.165, 1.54) is 6.07 Å². The van der Waals surface area contributed by atoms with Crippen LogP contribution in [0.2, 0.25) is 5.02 Å². The summed E-state index contributed by atoms with van der Waals surface area (Å²) in [5, 5.41) is 3.06. The summed E-state index contributed by atoms with van der Waals surface area (Å²) in [7, 11) is 0. The van der Waals surface area contributed by atoms with Gasteiger partial charge in [0.1, 0.15) is 5.75 Å². The Morgan fingerprint density at radius 1 is 1.25 bits per heavy atom. The molecule has 24 heavy (non-hydrogen) atoms. The first-order valence-electron chi connectivity index (χ1n) is 7.65. The van der Waals surface area contributed by atoms with Crippen LogP contribution in [0.15, 0.2) is 42.5 Å². The zero-order valence-electron chi connectivity index (χ0n) is 12.9. The molecule has 1 aliphatic heterocycles. The van der Waals surface area contributed by atoms with Crippen LogP contribution in [0.25, 0.3) is 0 Å². The lowest BCUT2D eigenvalue weighted by molar-refractivity contribution is -0.116. The molecule has 6 heteroatoms. The minimum Gasteiger partial charge on any atom is -0.493 e. The Kier molecular flexibility index (Phi) is 4.71. The molecule has 2 aromatic rings. The highest BCUT2D eigenvalue weighted by molar-refractivity contribution is 6.34. The molecular formula is C18H17ClN2O3. The molecule has 0 fully saturated rings. The number of para-hydroxylation sites is 1. The number of nitrogens with two attached hydrogens (primary N) is 1. The van der Waals surface area contributed by atoms with Crippen molar-refractivity contribution >= 4 is 29.1 Å². The molecule has 0 bridgehead atoms. The van der Waals surface area contributed by atoms with E-state index in [1.807, 2.05) is 24.3 Å². The monoisotopic (exact) mass is 344 g/mol. The number of anilines is 1. The van der Waals surface area contributed by atoms with E-state index in [9.17, 15) is 9.59 Å². The fraction of sp³-hybridized carbons (Fsp3) is 0.222. The van der Waals surface area contributed by atoms with Gasteiger partial charge in [-0.05, 0) is 42.2 Å². The van der Waals surface area contributed by atoms with Crippen LogP contribution in [-0.2, 0) is 4.79 Å². The number of hydrogen-bond acceptors (Lipinski definition) is 3. The Bertz CT molecular complexity index is 792. The lowest BCUT2D eigenvalue weighted by Crippen LogP contribution is -2.21. The Morgan fingerprint density at radius 2 is 2.04 bits per heavy atom. The standard InChI is InChI=1S/C18H17ClN2O3/c19-15-6-5-12(10-14(15)18(20)23)21-17(22)9-11-7-8-24-16-4-2-1-3-13(11)16/h1-6,10-11H,7-9H2,(H2,20,23)(H,21,22)/t11-/m1/s1. The number of hydrogen-bond donors (Lipinski definition) is 2. The van der Waals surface area contributed by atoms with Crippen molar-refractivity contribution in [3.8, 4) is 5.75 Å². The fourth-order valence-electron chi connectivity index (χ4n) is 2.86. The minimum atomic E-state index is -0.630. The molecule has 2 amide bonds. The molecule has 2 aromatic carbocycles. The summed E-state index contributed by atoms with van der Waals surface area (Å²) >= 11 is 5.91. The number of benzene rings is 2. The maximum absolute atomic E-state index is 12.4. The molecule has 3 rings (SSSR count). The third kappa shape index (κ3) is 3.51. The molecule has 0 spiro atoms. The first kappa shape index (κ1) is 16.3. The average molecular weight is 345 g/mol. The van der Waals surface area contributed by atoms with Crippen molar-refractivity contribution in [1.82, 2.24) is 0 Å². The summed E-state index contributed by atoms with van der Waals surface area (Å²) in [6.07, 6.45) is 1.13. The predicted octanol–water partition coefficient (Wildman–Crippen LogP) is 3.33. The van der Waals surface area contributed by atoms with Crippen molar-refractivity contribution in [3.05, 3.63) is 58.6 Å². The molecule has 5 nitrogen and oxygen atoms in total. The Balaban J connectivity index is 1.71. The van der Waals surface area contributed by atoms with Gasteiger partial charge in [-0.2, -0.15) is 0 Å². The van der Waals surface area contributed by atoms with Gasteiger partial charge in [0.25, 0.3) is 0 Å². The van der Waals surface area contributed by atoms with Crippen molar-refractivity contribution in [1.29, 1.82) is 0 Å². The second-order valence-electron chi connectivity index (χ2n) is 5.68. The second kappa shape index (κ2) is 6.93. The van der Waals surface area contributed by atoms with Gasteiger partial charge in [-0.25, -0.2) is 0 Å². The molecular weight excluding hydrogens is 328 g/mol. The van der Waals surface area contributed by atoms with Crippen LogP contribution in [0.5, 0.6) is 5.75 Å². The molecule has 0 saturated heterocycles.